The maximum atomic E-state index is 12.1. The number of aryl methyl sites for hydroxylation is 1. The molecule has 0 aliphatic rings. The highest BCUT2D eigenvalue weighted by Gasteiger charge is 2.16. The Morgan fingerprint density at radius 1 is 1.40 bits per heavy atom. The van der Waals surface area contributed by atoms with Crippen molar-refractivity contribution in [3.8, 4) is 0 Å². The van der Waals surface area contributed by atoms with Gasteiger partial charge in [-0.05, 0) is 18.6 Å². The minimum Gasteiger partial charge on any atom is -0.336 e. The van der Waals surface area contributed by atoms with Crippen molar-refractivity contribution in [2.45, 2.75) is 13.3 Å². The maximum absolute atomic E-state index is 12.1. The second-order valence-corrected chi connectivity index (χ2v) is 3.39. The molecule has 0 aliphatic carbocycles. The van der Waals surface area contributed by atoms with Crippen LogP contribution in [0.3, 0.4) is 0 Å². The topological polar surface area (TPSA) is 20.3 Å². The predicted molar refractivity (Wildman–Crippen MR) is 54.1 cm³/mol. The van der Waals surface area contributed by atoms with Crippen LogP contribution in [0.1, 0.15) is 15.9 Å². The molecule has 0 saturated carbocycles. The first-order valence-electron chi connectivity index (χ1n) is 4.61. The number of amides is 1. The molecule has 0 aromatic heterocycles. The first kappa shape index (κ1) is 11.6. The Hall–Kier alpha value is -1.45. The van der Waals surface area contributed by atoms with Crippen molar-refractivity contribution in [2.24, 2.45) is 0 Å². The lowest BCUT2D eigenvalue weighted by atomic mass is 10.1. The standard InChI is InChI=1S/C11H13F2NO/c1-8-5-3-4-6-9(8)11(15)14(2)7-10(12)13/h3-6,10H,7H2,1-2H3. The maximum Gasteiger partial charge on any atom is 0.255 e. The zero-order chi connectivity index (χ0) is 11.4. The number of carbonyl (C=O) groups is 1. The third-order valence-corrected chi connectivity index (χ3v) is 2.13. The average Bonchev–Trinajstić information content (AvgIpc) is 2.16. The highest BCUT2D eigenvalue weighted by Crippen LogP contribution is 2.10. The lowest BCUT2D eigenvalue weighted by Crippen LogP contribution is -2.31. The summed E-state index contributed by atoms with van der Waals surface area (Å²) in [6.07, 6.45) is -2.50. The minimum absolute atomic E-state index is 0.367. The predicted octanol–water partition coefficient (Wildman–Crippen LogP) is 2.33. The molecular weight excluding hydrogens is 200 g/mol. The lowest BCUT2D eigenvalue weighted by molar-refractivity contribution is 0.0619. The van der Waals surface area contributed by atoms with Crippen molar-refractivity contribution in [2.75, 3.05) is 13.6 Å². The summed E-state index contributed by atoms with van der Waals surface area (Å²) < 4.78 is 24.1. The van der Waals surface area contributed by atoms with Gasteiger partial charge in [0.1, 0.15) is 0 Å². The zero-order valence-corrected chi connectivity index (χ0v) is 8.71. The van der Waals surface area contributed by atoms with E-state index in [0.29, 0.717) is 5.56 Å². The van der Waals surface area contributed by atoms with Crippen LogP contribution in [0.5, 0.6) is 0 Å². The normalized spacial score (nSPS) is 10.5. The Kier molecular flexibility index (Phi) is 3.77. The molecule has 1 aromatic carbocycles. The molecule has 0 spiro atoms. The molecule has 0 radical (unpaired) electrons. The first-order valence-corrected chi connectivity index (χ1v) is 4.61. The van der Waals surface area contributed by atoms with E-state index >= 15 is 0 Å². The fourth-order valence-corrected chi connectivity index (χ4v) is 1.31. The molecular formula is C11H13F2NO. The smallest absolute Gasteiger partial charge is 0.255 e. The number of hydrogen-bond acceptors (Lipinski definition) is 1. The van der Waals surface area contributed by atoms with Gasteiger partial charge in [-0.1, -0.05) is 18.2 Å². The van der Waals surface area contributed by atoms with Gasteiger partial charge >= 0.3 is 0 Å². The summed E-state index contributed by atoms with van der Waals surface area (Å²) in [6.45, 7) is 1.25. The second kappa shape index (κ2) is 4.87. The van der Waals surface area contributed by atoms with Gasteiger partial charge in [-0.2, -0.15) is 0 Å². The van der Waals surface area contributed by atoms with Gasteiger partial charge in [0.05, 0.1) is 6.54 Å². The highest BCUT2D eigenvalue weighted by atomic mass is 19.3. The molecule has 0 N–H and O–H groups in total. The zero-order valence-electron chi connectivity index (χ0n) is 8.71. The molecule has 0 fully saturated rings. The van der Waals surface area contributed by atoms with Crippen molar-refractivity contribution < 1.29 is 13.6 Å². The molecule has 4 heteroatoms. The van der Waals surface area contributed by atoms with Crippen LogP contribution >= 0.6 is 0 Å². The van der Waals surface area contributed by atoms with Gasteiger partial charge in [0, 0.05) is 12.6 Å². The van der Waals surface area contributed by atoms with Gasteiger partial charge in [-0.15, -0.1) is 0 Å². The Morgan fingerprint density at radius 2 is 2.00 bits per heavy atom. The van der Waals surface area contributed by atoms with Crippen LogP contribution in [0.15, 0.2) is 24.3 Å². The van der Waals surface area contributed by atoms with E-state index in [1.165, 1.54) is 7.05 Å². The van der Waals surface area contributed by atoms with Crippen LogP contribution in [0, 0.1) is 6.92 Å². The Bertz CT molecular complexity index is 352. The van der Waals surface area contributed by atoms with E-state index in [0.717, 1.165) is 10.5 Å². The number of alkyl halides is 2. The third-order valence-electron chi connectivity index (χ3n) is 2.13. The average molecular weight is 213 g/mol. The summed E-state index contributed by atoms with van der Waals surface area (Å²) in [5, 5.41) is 0. The fraction of sp³-hybridized carbons (Fsp3) is 0.364. The number of rotatable bonds is 3. The molecule has 1 amide bonds. The van der Waals surface area contributed by atoms with Crippen molar-refractivity contribution in [1.29, 1.82) is 0 Å². The minimum atomic E-state index is -2.50. The number of benzene rings is 1. The molecule has 0 unspecified atom stereocenters. The molecule has 0 aliphatic heterocycles. The first-order chi connectivity index (χ1) is 7.02. The summed E-state index contributed by atoms with van der Waals surface area (Å²) in [6, 6.07) is 6.94. The molecule has 0 atom stereocenters. The molecule has 15 heavy (non-hydrogen) atoms. The summed E-state index contributed by atoms with van der Waals surface area (Å²) in [5.74, 6) is -0.367. The number of nitrogens with zero attached hydrogens (tertiary/aromatic N) is 1. The summed E-state index contributed by atoms with van der Waals surface area (Å²) in [4.78, 5) is 12.7. The van der Waals surface area contributed by atoms with E-state index in [1.807, 2.05) is 0 Å². The third kappa shape index (κ3) is 3.01. The molecule has 2 nitrogen and oxygen atoms in total. The van der Waals surface area contributed by atoms with Crippen LogP contribution in [0.2, 0.25) is 0 Å². The van der Waals surface area contributed by atoms with E-state index in [1.54, 1.807) is 31.2 Å². The van der Waals surface area contributed by atoms with Crippen LogP contribution < -0.4 is 0 Å². The summed E-state index contributed by atoms with van der Waals surface area (Å²) >= 11 is 0. The SMILES string of the molecule is Cc1ccccc1C(=O)N(C)CC(F)F. The fourth-order valence-electron chi connectivity index (χ4n) is 1.31. The molecule has 0 heterocycles. The van der Waals surface area contributed by atoms with Crippen molar-refractivity contribution in [3.63, 3.8) is 0 Å². The van der Waals surface area contributed by atoms with E-state index in [4.69, 9.17) is 0 Å². The van der Waals surface area contributed by atoms with Gasteiger partial charge in [0.2, 0.25) is 0 Å². The van der Waals surface area contributed by atoms with E-state index < -0.39 is 13.0 Å². The Balaban J connectivity index is 2.81. The number of hydrogen-bond donors (Lipinski definition) is 0. The van der Waals surface area contributed by atoms with Gasteiger partial charge < -0.3 is 4.90 Å². The largest absolute Gasteiger partial charge is 0.336 e. The highest BCUT2D eigenvalue weighted by molar-refractivity contribution is 5.95. The second-order valence-electron chi connectivity index (χ2n) is 3.39. The van der Waals surface area contributed by atoms with Gasteiger partial charge in [0.15, 0.2) is 0 Å². The molecule has 0 saturated heterocycles. The molecule has 82 valence electrons. The van der Waals surface area contributed by atoms with Crippen molar-refractivity contribution >= 4 is 5.91 Å². The monoisotopic (exact) mass is 213 g/mol. The van der Waals surface area contributed by atoms with Crippen molar-refractivity contribution in [1.82, 2.24) is 4.90 Å². The van der Waals surface area contributed by atoms with Crippen molar-refractivity contribution in [3.05, 3.63) is 35.4 Å². The van der Waals surface area contributed by atoms with Crippen LogP contribution in [-0.2, 0) is 0 Å². The van der Waals surface area contributed by atoms with Gasteiger partial charge in [0.25, 0.3) is 12.3 Å². The summed E-state index contributed by atoms with van der Waals surface area (Å²) in [5.41, 5.74) is 1.27. The Labute approximate surface area is 87.5 Å². The molecule has 1 rings (SSSR count). The number of halogens is 2. The van der Waals surface area contributed by atoms with E-state index in [-0.39, 0.29) is 5.91 Å². The quantitative estimate of drug-likeness (QED) is 0.754. The van der Waals surface area contributed by atoms with Gasteiger partial charge in [-0.25, -0.2) is 8.78 Å². The number of carbonyl (C=O) groups excluding carboxylic acids is 1. The van der Waals surface area contributed by atoms with Crippen LogP contribution in [0.25, 0.3) is 0 Å². The lowest BCUT2D eigenvalue weighted by Gasteiger charge is -2.17. The van der Waals surface area contributed by atoms with Crippen LogP contribution in [-0.4, -0.2) is 30.8 Å². The Morgan fingerprint density at radius 3 is 2.53 bits per heavy atom. The summed E-state index contributed by atoms with van der Waals surface area (Å²) in [7, 11) is 1.38. The van der Waals surface area contributed by atoms with Gasteiger partial charge in [-0.3, -0.25) is 4.79 Å². The van der Waals surface area contributed by atoms with E-state index in [2.05, 4.69) is 0 Å². The van der Waals surface area contributed by atoms with Crippen LogP contribution in [0.4, 0.5) is 8.78 Å². The molecule has 0 bridgehead atoms. The van der Waals surface area contributed by atoms with E-state index in [9.17, 15) is 13.6 Å². The molecule has 1 aromatic rings.